The number of rotatable bonds is 3. The first-order valence-electron chi connectivity index (χ1n) is 10.4. The second-order valence-corrected chi connectivity index (χ2v) is 9.23. The van der Waals surface area contributed by atoms with Gasteiger partial charge in [-0.2, -0.15) is 0 Å². The van der Waals surface area contributed by atoms with E-state index in [4.69, 9.17) is 4.98 Å². The Morgan fingerprint density at radius 3 is 2.48 bits per heavy atom. The molecule has 3 heteroatoms. The Labute approximate surface area is 176 Å². The van der Waals surface area contributed by atoms with E-state index in [-0.39, 0.29) is 5.41 Å². The SMILES string of the molecule is CSc1cccc2c1ccc1c3c(ccc12)C(c1cnccn1)(C(C)C)CCC3. The molecule has 0 N–H and O–H groups in total. The van der Waals surface area contributed by atoms with Crippen LogP contribution in [0.25, 0.3) is 21.5 Å². The third kappa shape index (κ3) is 2.71. The lowest BCUT2D eigenvalue weighted by Gasteiger charge is -2.42. The van der Waals surface area contributed by atoms with Crippen LogP contribution in [0.3, 0.4) is 0 Å². The van der Waals surface area contributed by atoms with Crippen LogP contribution >= 0.6 is 11.8 Å². The molecule has 1 aromatic heterocycles. The topological polar surface area (TPSA) is 25.8 Å². The van der Waals surface area contributed by atoms with Gasteiger partial charge in [0.05, 0.1) is 5.69 Å². The van der Waals surface area contributed by atoms with Gasteiger partial charge in [-0.1, -0.05) is 50.2 Å². The molecule has 1 unspecified atom stereocenters. The number of hydrogen-bond acceptors (Lipinski definition) is 3. The Morgan fingerprint density at radius 1 is 0.931 bits per heavy atom. The predicted molar refractivity (Wildman–Crippen MR) is 124 cm³/mol. The van der Waals surface area contributed by atoms with E-state index in [0.717, 1.165) is 18.5 Å². The number of hydrogen-bond donors (Lipinski definition) is 0. The Hall–Kier alpha value is -2.39. The molecule has 146 valence electrons. The van der Waals surface area contributed by atoms with Gasteiger partial charge in [0.2, 0.25) is 0 Å². The lowest BCUT2D eigenvalue weighted by Crippen LogP contribution is -2.38. The van der Waals surface area contributed by atoms with Crippen LogP contribution in [-0.2, 0) is 11.8 Å². The summed E-state index contributed by atoms with van der Waals surface area (Å²) in [5.41, 5.74) is 4.00. The second-order valence-electron chi connectivity index (χ2n) is 8.38. The van der Waals surface area contributed by atoms with Crippen LogP contribution in [0.1, 0.15) is 43.5 Å². The maximum absolute atomic E-state index is 4.78. The van der Waals surface area contributed by atoms with Crippen molar-refractivity contribution in [2.75, 3.05) is 6.26 Å². The summed E-state index contributed by atoms with van der Waals surface area (Å²) >= 11 is 1.82. The Morgan fingerprint density at radius 2 is 1.72 bits per heavy atom. The molecule has 4 aromatic rings. The van der Waals surface area contributed by atoms with Gasteiger partial charge in [0.1, 0.15) is 0 Å². The first kappa shape index (κ1) is 18.6. The molecule has 5 rings (SSSR count). The van der Waals surface area contributed by atoms with Gasteiger partial charge < -0.3 is 0 Å². The van der Waals surface area contributed by atoms with Gasteiger partial charge in [0.25, 0.3) is 0 Å². The van der Waals surface area contributed by atoms with E-state index in [1.165, 1.54) is 44.0 Å². The number of aryl methyl sites for hydroxylation is 1. The summed E-state index contributed by atoms with van der Waals surface area (Å²) in [5.74, 6) is 0.458. The molecular weight excluding hydrogens is 372 g/mol. The van der Waals surface area contributed by atoms with Crippen molar-refractivity contribution in [2.45, 2.75) is 43.4 Å². The standard InChI is InChI=1S/C26H26N2S/c1-17(2)26(25-16-27-14-15-28-25)13-5-7-21-20-9-10-22-18(6-4-8-24(22)29-3)19(20)11-12-23(21)26/h4,6,8-12,14-17H,5,7,13H2,1-3H3. The van der Waals surface area contributed by atoms with Gasteiger partial charge in [0, 0.05) is 28.9 Å². The van der Waals surface area contributed by atoms with Crippen LogP contribution < -0.4 is 0 Å². The molecule has 1 aliphatic carbocycles. The zero-order chi connectivity index (χ0) is 20.0. The van der Waals surface area contributed by atoms with Crippen LogP contribution in [0.5, 0.6) is 0 Å². The monoisotopic (exact) mass is 398 g/mol. The fourth-order valence-electron chi connectivity index (χ4n) is 5.44. The maximum atomic E-state index is 4.78. The summed E-state index contributed by atoms with van der Waals surface area (Å²) in [4.78, 5) is 10.5. The Kier molecular flexibility index (Phi) is 4.59. The molecule has 1 aliphatic rings. The fraction of sp³-hybridized carbons (Fsp3) is 0.308. The number of thioether (sulfide) groups is 1. The predicted octanol–water partition coefficient (Wildman–Crippen LogP) is 6.78. The normalized spacial score (nSPS) is 19.0. The second kappa shape index (κ2) is 7.14. The average molecular weight is 399 g/mol. The average Bonchev–Trinajstić information content (AvgIpc) is 2.78. The van der Waals surface area contributed by atoms with Gasteiger partial charge in [-0.05, 0) is 70.2 Å². The Balaban J connectivity index is 1.83. The molecule has 2 nitrogen and oxygen atoms in total. The van der Waals surface area contributed by atoms with Crippen LogP contribution in [0.15, 0.2) is 66.0 Å². The zero-order valence-electron chi connectivity index (χ0n) is 17.3. The lowest BCUT2D eigenvalue weighted by atomic mass is 9.61. The van der Waals surface area contributed by atoms with Crippen molar-refractivity contribution in [3.63, 3.8) is 0 Å². The van der Waals surface area contributed by atoms with Gasteiger partial charge >= 0.3 is 0 Å². The van der Waals surface area contributed by atoms with Crippen molar-refractivity contribution in [3.8, 4) is 0 Å². The molecule has 0 fully saturated rings. The highest BCUT2D eigenvalue weighted by atomic mass is 32.2. The molecule has 1 atom stereocenters. The first-order valence-corrected chi connectivity index (χ1v) is 11.7. The number of benzene rings is 3. The van der Waals surface area contributed by atoms with Crippen LogP contribution in [0, 0.1) is 5.92 Å². The minimum Gasteiger partial charge on any atom is -0.261 e. The summed E-state index contributed by atoms with van der Waals surface area (Å²) in [6.45, 7) is 4.66. The molecule has 0 saturated carbocycles. The number of nitrogens with zero attached hydrogens (tertiary/aromatic N) is 2. The van der Waals surface area contributed by atoms with Gasteiger partial charge in [0.15, 0.2) is 0 Å². The highest BCUT2D eigenvalue weighted by molar-refractivity contribution is 7.98. The molecule has 29 heavy (non-hydrogen) atoms. The molecular formula is C26H26N2S. The van der Waals surface area contributed by atoms with Crippen molar-refractivity contribution in [1.82, 2.24) is 9.97 Å². The van der Waals surface area contributed by atoms with E-state index in [1.807, 2.05) is 24.2 Å². The van der Waals surface area contributed by atoms with Gasteiger partial charge in [-0.25, -0.2) is 0 Å². The van der Waals surface area contributed by atoms with Crippen LogP contribution in [-0.4, -0.2) is 16.2 Å². The fourth-order valence-corrected chi connectivity index (χ4v) is 6.05. The summed E-state index contributed by atoms with van der Waals surface area (Å²) in [5, 5.41) is 5.49. The van der Waals surface area contributed by atoms with E-state index >= 15 is 0 Å². The van der Waals surface area contributed by atoms with Crippen molar-refractivity contribution < 1.29 is 0 Å². The summed E-state index contributed by atoms with van der Waals surface area (Å²) in [6.07, 6.45) is 11.2. The molecule has 3 aromatic carbocycles. The van der Waals surface area contributed by atoms with Crippen molar-refractivity contribution >= 4 is 33.3 Å². The summed E-state index contributed by atoms with van der Waals surface area (Å²) < 4.78 is 0. The van der Waals surface area contributed by atoms with Gasteiger partial charge in [-0.3, -0.25) is 9.97 Å². The van der Waals surface area contributed by atoms with Gasteiger partial charge in [-0.15, -0.1) is 11.8 Å². The molecule has 0 spiro atoms. The molecule has 0 bridgehead atoms. The van der Waals surface area contributed by atoms with Crippen molar-refractivity contribution in [3.05, 3.63) is 77.9 Å². The minimum absolute atomic E-state index is 0.0634. The molecule has 0 saturated heterocycles. The maximum Gasteiger partial charge on any atom is 0.0694 e. The molecule has 1 heterocycles. The highest BCUT2D eigenvalue weighted by Gasteiger charge is 2.42. The summed E-state index contributed by atoms with van der Waals surface area (Å²) in [6, 6.07) is 16.1. The highest BCUT2D eigenvalue weighted by Crippen LogP contribution is 2.49. The summed E-state index contributed by atoms with van der Waals surface area (Å²) in [7, 11) is 0. The quantitative estimate of drug-likeness (QED) is 0.281. The Bertz CT molecular complexity index is 1200. The van der Waals surface area contributed by atoms with E-state index in [1.54, 1.807) is 6.20 Å². The van der Waals surface area contributed by atoms with E-state index in [9.17, 15) is 0 Å². The zero-order valence-corrected chi connectivity index (χ0v) is 18.1. The third-order valence-corrected chi connectivity index (χ3v) is 7.63. The van der Waals surface area contributed by atoms with Crippen LogP contribution in [0.2, 0.25) is 0 Å². The smallest absolute Gasteiger partial charge is 0.0694 e. The lowest BCUT2D eigenvalue weighted by molar-refractivity contribution is 0.311. The van der Waals surface area contributed by atoms with Crippen molar-refractivity contribution in [1.29, 1.82) is 0 Å². The third-order valence-electron chi connectivity index (χ3n) is 6.83. The number of aromatic nitrogens is 2. The van der Waals surface area contributed by atoms with Crippen molar-refractivity contribution in [2.24, 2.45) is 5.92 Å². The first-order chi connectivity index (χ1) is 14.2. The minimum atomic E-state index is -0.0634. The van der Waals surface area contributed by atoms with E-state index in [2.05, 4.69) is 67.6 Å². The largest absolute Gasteiger partial charge is 0.261 e. The van der Waals surface area contributed by atoms with E-state index < -0.39 is 0 Å². The number of fused-ring (bicyclic) bond motifs is 5. The molecule has 0 radical (unpaired) electrons. The molecule has 0 amide bonds. The van der Waals surface area contributed by atoms with E-state index in [0.29, 0.717) is 5.92 Å². The van der Waals surface area contributed by atoms with Crippen LogP contribution in [0.4, 0.5) is 0 Å². The molecule has 0 aliphatic heterocycles.